The lowest BCUT2D eigenvalue weighted by Crippen LogP contribution is -2.56. The molecule has 1 heteroatoms. The Morgan fingerprint density at radius 2 is 1.60 bits per heavy atom. The van der Waals surface area contributed by atoms with E-state index in [0.29, 0.717) is 16.7 Å². The third kappa shape index (κ3) is 1.71. The molecular weight excluding hydrogens is 244 g/mol. The number of aliphatic hydroxyl groups excluding tert-OH is 1. The molecule has 0 aliphatic heterocycles. The van der Waals surface area contributed by atoms with E-state index in [4.69, 9.17) is 0 Å². The number of fused-ring (bicyclic) bond motifs is 5. The highest BCUT2D eigenvalue weighted by Crippen LogP contribution is 2.66. The van der Waals surface area contributed by atoms with Crippen LogP contribution in [-0.2, 0) is 0 Å². The van der Waals surface area contributed by atoms with Gasteiger partial charge in [0, 0.05) is 0 Å². The highest BCUT2D eigenvalue weighted by Gasteiger charge is 2.59. The van der Waals surface area contributed by atoms with Crippen LogP contribution in [0.3, 0.4) is 0 Å². The van der Waals surface area contributed by atoms with Crippen molar-refractivity contribution in [3.63, 3.8) is 0 Å². The first-order valence-electron chi connectivity index (χ1n) is 9.23. The number of hydrogen-bond acceptors (Lipinski definition) is 1. The second kappa shape index (κ2) is 4.48. The van der Waals surface area contributed by atoms with Gasteiger partial charge in [0.25, 0.3) is 0 Å². The molecule has 4 saturated carbocycles. The second-order valence-corrected chi connectivity index (χ2v) is 9.12. The average molecular weight is 276 g/mol. The zero-order chi connectivity index (χ0) is 14.0. The van der Waals surface area contributed by atoms with Crippen molar-refractivity contribution in [2.24, 2.45) is 34.5 Å². The van der Waals surface area contributed by atoms with Crippen molar-refractivity contribution < 1.29 is 5.11 Å². The predicted octanol–water partition coefficient (Wildman–Crippen LogP) is 4.78. The summed E-state index contributed by atoms with van der Waals surface area (Å²) in [4.78, 5) is 0. The maximum Gasteiger partial charge on any atom is 0.0576 e. The smallest absolute Gasteiger partial charge is 0.0576 e. The summed E-state index contributed by atoms with van der Waals surface area (Å²) in [5.41, 5.74) is 1.09. The Morgan fingerprint density at radius 1 is 0.800 bits per heavy atom. The molecule has 0 spiro atoms. The van der Waals surface area contributed by atoms with Gasteiger partial charge in [-0.15, -0.1) is 0 Å². The van der Waals surface area contributed by atoms with Crippen LogP contribution in [0.25, 0.3) is 0 Å². The Hall–Kier alpha value is -0.0400. The van der Waals surface area contributed by atoms with Crippen molar-refractivity contribution >= 4 is 0 Å². The van der Waals surface area contributed by atoms with Gasteiger partial charge in [-0.3, -0.25) is 0 Å². The molecule has 7 atom stereocenters. The standard InChI is InChI=1S/C19H32O/c1-18-9-5-7-14(18)13-12-17(20)16-6-3-4-10-19(16,2)15(13)8-11-18/h13-17,20H,3-12H2,1-2H3/t13-,14+,15-,16+,17-,18+,19+/m0/s1. The first kappa shape index (κ1) is 13.6. The predicted molar refractivity (Wildman–Crippen MR) is 82.4 cm³/mol. The van der Waals surface area contributed by atoms with Gasteiger partial charge >= 0.3 is 0 Å². The van der Waals surface area contributed by atoms with Crippen molar-refractivity contribution in [2.45, 2.75) is 84.2 Å². The van der Waals surface area contributed by atoms with Crippen LogP contribution in [0.4, 0.5) is 0 Å². The Morgan fingerprint density at radius 3 is 2.45 bits per heavy atom. The van der Waals surface area contributed by atoms with Gasteiger partial charge in [0.1, 0.15) is 0 Å². The van der Waals surface area contributed by atoms with Crippen LogP contribution in [0.2, 0.25) is 0 Å². The van der Waals surface area contributed by atoms with Gasteiger partial charge in [0.05, 0.1) is 6.10 Å². The topological polar surface area (TPSA) is 20.2 Å². The van der Waals surface area contributed by atoms with Crippen LogP contribution < -0.4 is 0 Å². The Labute approximate surface area is 124 Å². The molecular formula is C19H32O. The maximum atomic E-state index is 10.8. The molecule has 20 heavy (non-hydrogen) atoms. The number of hydrogen-bond donors (Lipinski definition) is 1. The average Bonchev–Trinajstić information content (AvgIpc) is 2.81. The van der Waals surface area contributed by atoms with Crippen molar-refractivity contribution in [1.29, 1.82) is 0 Å². The molecule has 0 aromatic heterocycles. The molecule has 0 heterocycles. The third-order valence-corrected chi connectivity index (χ3v) is 8.37. The van der Waals surface area contributed by atoms with Gasteiger partial charge in [0.2, 0.25) is 0 Å². The molecule has 0 bridgehead atoms. The fraction of sp³-hybridized carbons (Fsp3) is 1.00. The Kier molecular flexibility index (Phi) is 3.05. The zero-order valence-electron chi connectivity index (χ0n) is 13.4. The Balaban J connectivity index is 1.68. The summed E-state index contributed by atoms with van der Waals surface area (Å²) in [7, 11) is 0. The molecule has 0 aromatic carbocycles. The first-order chi connectivity index (χ1) is 9.55. The van der Waals surface area contributed by atoms with E-state index in [-0.39, 0.29) is 6.10 Å². The van der Waals surface area contributed by atoms with Gasteiger partial charge in [-0.1, -0.05) is 33.1 Å². The van der Waals surface area contributed by atoms with E-state index in [0.717, 1.165) is 24.2 Å². The van der Waals surface area contributed by atoms with Crippen LogP contribution in [0, 0.1) is 34.5 Å². The highest BCUT2D eigenvalue weighted by molar-refractivity contribution is 5.08. The second-order valence-electron chi connectivity index (χ2n) is 9.12. The van der Waals surface area contributed by atoms with Crippen LogP contribution >= 0.6 is 0 Å². The molecule has 0 amide bonds. The SMILES string of the molecule is C[C@]12CCC[C@@H]1[C@@H]1C[C@H](O)[C@H]3CCCC[C@]3(C)[C@H]1CC2. The monoisotopic (exact) mass is 276 g/mol. The minimum atomic E-state index is 0.00417. The summed E-state index contributed by atoms with van der Waals surface area (Å²) in [6, 6.07) is 0. The fourth-order valence-corrected chi connectivity index (χ4v) is 7.35. The molecule has 4 rings (SSSR count). The minimum Gasteiger partial charge on any atom is -0.393 e. The molecule has 1 nitrogen and oxygen atoms in total. The van der Waals surface area contributed by atoms with Crippen molar-refractivity contribution in [1.82, 2.24) is 0 Å². The molecule has 4 fully saturated rings. The minimum absolute atomic E-state index is 0.00417. The van der Waals surface area contributed by atoms with E-state index in [1.54, 1.807) is 0 Å². The van der Waals surface area contributed by atoms with E-state index >= 15 is 0 Å². The van der Waals surface area contributed by atoms with Crippen LogP contribution in [0.5, 0.6) is 0 Å². The van der Waals surface area contributed by atoms with E-state index in [2.05, 4.69) is 13.8 Å². The molecule has 0 unspecified atom stereocenters. The van der Waals surface area contributed by atoms with E-state index in [1.165, 1.54) is 57.8 Å². The largest absolute Gasteiger partial charge is 0.393 e. The third-order valence-electron chi connectivity index (χ3n) is 8.37. The van der Waals surface area contributed by atoms with Gasteiger partial charge in [0.15, 0.2) is 0 Å². The van der Waals surface area contributed by atoms with Crippen LogP contribution in [-0.4, -0.2) is 11.2 Å². The first-order valence-corrected chi connectivity index (χ1v) is 9.23. The lowest BCUT2D eigenvalue weighted by atomic mass is 9.45. The molecule has 4 aliphatic carbocycles. The molecule has 1 N–H and O–H groups in total. The summed E-state index contributed by atoms with van der Waals surface area (Å²) < 4.78 is 0. The van der Waals surface area contributed by atoms with E-state index in [9.17, 15) is 5.11 Å². The van der Waals surface area contributed by atoms with Gasteiger partial charge < -0.3 is 5.11 Å². The number of rotatable bonds is 0. The summed E-state index contributed by atoms with van der Waals surface area (Å²) in [6.07, 6.45) is 13.9. The van der Waals surface area contributed by atoms with Crippen LogP contribution in [0.15, 0.2) is 0 Å². The van der Waals surface area contributed by atoms with Gasteiger partial charge in [-0.05, 0) is 79.4 Å². The molecule has 4 aliphatic rings. The molecule has 0 radical (unpaired) electrons. The summed E-state index contributed by atoms with van der Waals surface area (Å²) in [6.45, 7) is 5.11. The van der Waals surface area contributed by atoms with Gasteiger partial charge in [-0.25, -0.2) is 0 Å². The van der Waals surface area contributed by atoms with Crippen molar-refractivity contribution in [2.75, 3.05) is 0 Å². The highest BCUT2D eigenvalue weighted by atomic mass is 16.3. The lowest BCUT2D eigenvalue weighted by molar-refractivity contribution is -0.153. The molecule has 0 aromatic rings. The quantitative estimate of drug-likeness (QED) is 0.675. The van der Waals surface area contributed by atoms with Gasteiger partial charge in [-0.2, -0.15) is 0 Å². The van der Waals surface area contributed by atoms with Crippen molar-refractivity contribution in [3.8, 4) is 0 Å². The van der Waals surface area contributed by atoms with E-state index < -0.39 is 0 Å². The Bertz CT molecular complexity index is 391. The maximum absolute atomic E-state index is 10.8. The van der Waals surface area contributed by atoms with Crippen molar-refractivity contribution in [3.05, 3.63) is 0 Å². The van der Waals surface area contributed by atoms with E-state index in [1.807, 2.05) is 0 Å². The summed E-state index contributed by atoms with van der Waals surface area (Å²) in [5, 5.41) is 10.8. The number of aliphatic hydroxyl groups is 1. The molecule has 114 valence electrons. The van der Waals surface area contributed by atoms with Crippen LogP contribution in [0.1, 0.15) is 78.1 Å². The summed E-state index contributed by atoms with van der Waals surface area (Å²) in [5.74, 6) is 3.30. The lowest BCUT2D eigenvalue weighted by Gasteiger charge is -2.61. The fourth-order valence-electron chi connectivity index (χ4n) is 7.35. The summed E-state index contributed by atoms with van der Waals surface area (Å²) >= 11 is 0. The zero-order valence-corrected chi connectivity index (χ0v) is 13.4. The normalized spacial score (nSPS) is 58.6. The molecule has 0 saturated heterocycles.